The molecule has 1 rings (SSSR count). The van der Waals surface area contributed by atoms with E-state index in [0.29, 0.717) is 6.04 Å². The highest BCUT2D eigenvalue weighted by atomic mass is 16.5. The van der Waals surface area contributed by atoms with E-state index in [1.165, 1.54) is 31.3 Å². The molecule has 0 aromatic heterocycles. The molecular formula is C12H23NO. The van der Waals surface area contributed by atoms with Crippen LogP contribution >= 0.6 is 0 Å². The smallest absolute Gasteiger partial charge is 0.0813 e. The topological polar surface area (TPSA) is 21.3 Å². The van der Waals surface area contributed by atoms with Crippen molar-refractivity contribution in [3.05, 3.63) is 11.6 Å². The number of ether oxygens (including phenoxy) is 1. The molecule has 1 N–H and O–H groups in total. The van der Waals surface area contributed by atoms with E-state index in [4.69, 9.17) is 4.74 Å². The third-order valence-electron chi connectivity index (χ3n) is 3.21. The molecule has 1 unspecified atom stereocenters. The van der Waals surface area contributed by atoms with Crippen LogP contribution in [0.15, 0.2) is 11.6 Å². The molecule has 2 heteroatoms. The molecule has 0 amide bonds. The van der Waals surface area contributed by atoms with Crippen LogP contribution in [-0.2, 0) is 4.74 Å². The lowest BCUT2D eigenvalue weighted by atomic mass is 9.85. The summed E-state index contributed by atoms with van der Waals surface area (Å²) >= 11 is 0. The molecule has 2 nitrogen and oxygen atoms in total. The van der Waals surface area contributed by atoms with Crippen LogP contribution in [0, 0.1) is 0 Å². The van der Waals surface area contributed by atoms with Crippen molar-refractivity contribution in [3.8, 4) is 0 Å². The van der Waals surface area contributed by atoms with Crippen LogP contribution in [0.2, 0.25) is 0 Å². The fourth-order valence-electron chi connectivity index (χ4n) is 2.22. The Morgan fingerprint density at radius 1 is 1.43 bits per heavy atom. The average Bonchev–Trinajstić information content (AvgIpc) is 2.20. The molecule has 0 aromatic rings. The van der Waals surface area contributed by atoms with Crippen LogP contribution in [0.1, 0.15) is 39.5 Å². The minimum atomic E-state index is -0.113. The quantitative estimate of drug-likeness (QED) is 0.699. The van der Waals surface area contributed by atoms with E-state index in [1.54, 1.807) is 7.11 Å². The van der Waals surface area contributed by atoms with Crippen molar-refractivity contribution in [2.75, 3.05) is 14.2 Å². The lowest BCUT2D eigenvalue weighted by molar-refractivity contribution is 0.000733. The first kappa shape index (κ1) is 11.7. The highest BCUT2D eigenvalue weighted by Crippen LogP contribution is 2.27. The zero-order chi connectivity index (χ0) is 10.6. The monoisotopic (exact) mass is 197 g/mol. The molecule has 1 atom stereocenters. The van der Waals surface area contributed by atoms with Gasteiger partial charge in [0.2, 0.25) is 0 Å². The number of hydrogen-bond donors (Lipinski definition) is 1. The van der Waals surface area contributed by atoms with Gasteiger partial charge in [0.15, 0.2) is 0 Å². The lowest BCUT2D eigenvalue weighted by Gasteiger charge is -2.35. The summed E-state index contributed by atoms with van der Waals surface area (Å²) < 4.78 is 5.54. The Balaban J connectivity index is 2.74. The van der Waals surface area contributed by atoms with Gasteiger partial charge >= 0.3 is 0 Å². The number of allylic oxidation sites excluding steroid dienone is 1. The molecule has 1 aliphatic rings. The van der Waals surface area contributed by atoms with Gasteiger partial charge in [-0.05, 0) is 46.6 Å². The molecule has 0 heterocycles. The first-order chi connectivity index (χ1) is 6.61. The average molecular weight is 197 g/mol. The van der Waals surface area contributed by atoms with Gasteiger partial charge in [0.05, 0.1) is 11.6 Å². The first-order valence-electron chi connectivity index (χ1n) is 5.53. The Morgan fingerprint density at radius 3 is 2.57 bits per heavy atom. The molecule has 0 fully saturated rings. The largest absolute Gasteiger partial charge is 0.377 e. The van der Waals surface area contributed by atoms with Crippen LogP contribution < -0.4 is 5.32 Å². The summed E-state index contributed by atoms with van der Waals surface area (Å²) in [6.45, 7) is 4.28. The van der Waals surface area contributed by atoms with Crippen molar-refractivity contribution in [2.24, 2.45) is 0 Å². The number of rotatable bonds is 4. The van der Waals surface area contributed by atoms with Crippen molar-refractivity contribution in [1.29, 1.82) is 0 Å². The normalized spacial score (nSPS) is 20.4. The van der Waals surface area contributed by atoms with Gasteiger partial charge in [-0.25, -0.2) is 0 Å². The Kier molecular flexibility index (Phi) is 4.14. The van der Waals surface area contributed by atoms with Gasteiger partial charge in [0.25, 0.3) is 0 Å². The van der Waals surface area contributed by atoms with Gasteiger partial charge in [-0.1, -0.05) is 11.6 Å². The van der Waals surface area contributed by atoms with Gasteiger partial charge in [-0.3, -0.25) is 0 Å². The second kappa shape index (κ2) is 4.94. The van der Waals surface area contributed by atoms with Crippen molar-refractivity contribution in [1.82, 2.24) is 5.32 Å². The number of hydrogen-bond acceptors (Lipinski definition) is 2. The van der Waals surface area contributed by atoms with Crippen molar-refractivity contribution in [2.45, 2.75) is 51.2 Å². The van der Waals surface area contributed by atoms with Gasteiger partial charge < -0.3 is 10.1 Å². The van der Waals surface area contributed by atoms with Crippen LogP contribution in [0.5, 0.6) is 0 Å². The molecule has 0 aromatic carbocycles. The second-order valence-corrected chi connectivity index (χ2v) is 4.55. The van der Waals surface area contributed by atoms with Crippen LogP contribution in [0.3, 0.4) is 0 Å². The van der Waals surface area contributed by atoms with Crippen molar-refractivity contribution in [3.63, 3.8) is 0 Å². The summed E-state index contributed by atoms with van der Waals surface area (Å²) in [4.78, 5) is 0. The maximum Gasteiger partial charge on any atom is 0.0813 e. The van der Waals surface area contributed by atoms with Gasteiger partial charge in [0, 0.05) is 7.11 Å². The zero-order valence-corrected chi connectivity index (χ0v) is 9.89. The van der Waals surface area contributed by atoms with E-state index in [0.717, 1.165) is 0 Å². The molecule has 0 radical (unpaired) electrons. The molecule has 0 saturated carbocycles. The van der Waals surface area contributed by atoms with Gasteiger partial charge in [-0.2, -0.15) is 0 Å². The molecule has 14 heavy (non-hydrogen) atoms. The summed E-state index contributed by atoms with van der Waals surface area (Å²) in [6, 6.07) is 0.354. The van der Waals surface area contributed by atoms with Crippen molar-refractivity contribution >= 4 is 0 Å². The Hall–Kier alpha value is -0.340. The predicted molar refractivity (Wildman–Crippen MR) is 60.5 cm³/mol. The number of likely N-dealkylation sites (N-methyl/N-ethyl adjacent to an activating group) is 1. The van der Waals surface area contributed by atoms with E-state index < -0.39 is 0 Å². The maximum atomic E-state index is 5.54. The molecule has 0 bridgehead atoms. The molecule has 0 spiro atoms. The van der Waals surface area contributed by atoms with E-state index in [9.17, 15) is 0 Å². The summed E-state index contributed by atoms with van der Waals surface area (Å²) in [5, 5.41) is 3.37. The second-order valence-electron chi connectivity index (χ2n) is 4.55. The van der Waals surface area contributed by atoms with Crippen molar-refractivity contribution < 1.29 is 4.74 Å². The van der Waals surface area contributed by atoms with E-state index in [2.05, 4.69) is 25.2 Å². The summed E-state index contributed by atoms with van der Waals surface area (Å²) in [6.07, 6.45) is 7.49. The Morgan fingerprint density at radius 2 is 2.14 bits per heavy atom. The Bertz CT molecular complexity index is 208. The maximum absolute atomic E-state index is 5.54. The lowest BCUT2D eigenvalue weighted by Crippen LogP contribution is -2.48. The first-order valence-corrected chi connectivity index (χ1v) is 5.53. The van der Waals surface area contributed by atoms with Crippen LogP contribution in [-0.4, -0.2) is 25.8 Å². The highest BCUT2D eigenvalue weighted by Gasteiger charge is 2.30. The van der Waals surface area contributed by atoms with Gasteiger partial charge in [-0.15, -0.1) is 0 Å². The Labute approximate surface area is 87.7 Å². The molecule has 1 aliphatic carbocycles. The number of nitrogens with one attached hydrogen (secondary N) is 1. The van der Waals surface area contributed by atoms with E-state index in [1.807, 2.05) is 7.05 Å². The number of methoxy groups -OCH3 is 1. The molecule has 82 valence electrons. The fraction of sp³-hybridized carbons (Fsp3) is 0.833. The zero-order valence-electron chi connectivity index (χ0n) is 9.89. The molecule has 0 saturated heterocycles. The van der Waals surface area contributed by atoms with Crippen LogP contribution in [0.25, 0.3) is 0 Å². The third-order valence-corrected chi connectivity index (χ3v) is 3.21. The third kappa shape index (κ3) is 2.58. The predicted octanol–water partition coefficient (Wildman–Crippen LogP) is 2.50. The SMILES string of the molecule is CNC(C1=CCCCC1)C(C)(C)OC. The van der Waals surface area contributed by atoms with E-state index >= 15 is 0 Å². The minimum Gasteiger partial charge on any atom is -0.377 e. The standard InChI is InChI=1S/C12H23NO/c1-12(2,14-4)11(13-3)10-8-6-5-7-9-10/h8,11,13H,5-7,9H2,1-4H3. The van der Waals surface area contributed by atoms with E-state index in [-0.39, 0.29) is 5.60 Å². The summed E-state index contributed by atoms with van der Waals surface area (Å²) in [5.74, 6) is 0. The fourth-order valence-corrected chi connectivity index (χ4v) is 2.22. The minimum absolute atomic E-state index is 0.113. The molecule has 0 aliphatic heterocycles. The highest BCUT2D eigenvalue weighted by molar-refractivity contribution is 5.17. The summed E-state index contributed by atoms with van der Waals surface area (Å²) in [5.41, 5.74) is 1.41. The van der Waals surface area contributed by atoms with Gasteiger partial charge in [0.1, 0.15) is 0 Å². The molecular weight excluding hydrogens is 174 g/mol. The van der Waals surface area contributed by atoms with Crippen LogP contribution in [0.4, 0.5) is 0 Å². The summed E-state index contributed by atoms with van der Waals surface area (Å²) in [7, 11) is 3.80.